The molecular weight excluding hydrogens is 202 g/mol. The van der Waals surface area contributed by atoms with Crippen molar-refractivity contribution in [2.75, 3.05) is 20.3 Å². The fraction of sp³-hybridized carbons (Fsp3) is 1.00. The van der Waals surface area contributed by atoms with Gasteiger partial charge in [-0.05, 0) is 38.0 Å². The summed E-state index contributed by atoms with van der Waals surface area (Å²) >= 11 is 0. The van der Waals surface area contributed by atoms with Gasteiger partial charge in [0.2, 0.25) is 0 Å². The van der Waals surface area contributed by atoms with Crippen molar-refractivity contribution in [2.24, 2.45) is 11.1 Å². The minimum atomic E-state index is -0.0949. The number of methoxy groups -OCH3 is 1. The van der Waals surface area contributed by atoms with Gasteiger partial charge in [-0.3, -0.25) is 0 Å². The highest BCUT2D eigenvalue weighted by Gasteiger charge is 2.38. The van der Waals surface area contributed by atoms with Gasteiger partial charge in [0.25, 0.3) is 0 Å². The largest absolute Gasteiger partial charge is 0.379 e. The van der Waals surface area contributed by atoms with Crippen LogP contribution >= 0.6 is 0 Å². The standard InChI is InChI=1S/C13H27NO2/c1-11(15-4)9-16-13(10-14)7-5-12(2,3)6-8-13/h11H,5-10,14H2,1-4H3. The van der Waals surface area contributed by atoms with Gasteiger partial charge in [0.1, 0.15) is 0 Å². The maximum absolute atomic E-state index is 6.02. The van der Waals surface area contributed by atoms with Gasteiger partial charge in [0.15, 0.2) is 0 Å². The van der Waals surface area contributed by atoms with Crippen molar-refractivity contribution in [1.82, 2.24) is 0 Å². The predicted molar refractivity (Wildman–Crippen MR) is 66.5 cm³/mol. The van der Waals surface area contributed by atoms with Crippen LogP contribution in [0.5, 0.6) is 0 Å². The second-order valence-electron chi connectivity index (χ2n) is 5.91. The van der Waals surface area contributed by atoms with E-state index in [1.807, 2.05) is 6.92 Å². The number of rotatable bonds is 5. The molecule has 0 aliphatic heterocycles. The molecule has 1 aliphatic rings. The quantitative estimate of drug-likeness (QED) is 0.787. The molecule has 0 bridgehead atoms. The molecule has 3 heteroatoms. The molecule has 3 nitrogen and oxygen atoms in total. The van der Waals surface area contributed by atoms with Crippen LogP contribution in [0.2, 0.25) is 0 Å². The van der Waals surface area contributed by atoms with Gasteiger partial charge in [-0.1, -0.05) is 13.8 Å². The highest BCUT2D eigenvalue weighted by atomic mass is 16.5. The monoisotopic (exact) mass is 229 g/mol. The van der Waals surface area contributed by atoms with Crippen molar-refractivity contribution in [3.63, 3.8) is 0 Å². The van der Waals surface area contributed by atoms with E-state index in [1.54, 1.807) is 7.11 Å². The summed E-state index contributed by atoms with van der Waals surface area (Å²) in [5, 5.41) is 0. The summed E-state index contributed by atoms with van der Waals surface area (Å²) in [6, 6.07) is 0. The Labute approximate surface area is 99.7 Å². The summed E-state index contributed by atoms with van der Waals surface area (Å²) in [5.41, 5.74) is 6.25. The van der Waals surface area contributed by atoms with Crippen LogP contribution in [0.25, 0.3) is 0 Å². The van der Waals surface area contributed by atoms with Crippen LogP contribution in [0, 0.1) is 5.41 Å². The third kappa shape index (κ3) is 3.72. The van der Waals surface area contributed by atoms with E-state index < -0.39 is 0 Å². The van der Waals surface area contributed by atoms with Crippen molar-refractivity contribution >= 4 is 0 Å². The number of hydrogen-bond donors (Lipinski definition) is 1. The molecule has 1 saturated carbocycles. The van der Waals surface area contributed by atoms with Gasteiger partial charge < -0.3 is 15.2 Å². The summed E-state index contributed by atoms with van der Waals surface area (Å²) in [6.45, 7) is 7.95. The lowest BCUT2D eigenvalue weighted by Gasteiger charge is -2.43. The molecule has 0 aromatic rings. The van der Waals surface area contributed by atoms with Gasteiger partial charge in [0, 0.05) is 13.7 Å². The zero-order valence-corrected chi connectivity index (χ0v) is 11.2. The third-order valence-corrected chi connectivity index (χ3v) is 3.91. The van der Waals surface area contributed by atoms with Crippen LogP contribution in [0.1, 0.15) is 46.5 Å². The van der Waals surface area contributed by atoms with Gasteiger partial charge in [-0.25, -0.2) is 0 Å². The number of nitrogens with two attached hydrogens (primary N) is 1. The first-order chi connectivity index (χ1) is 7.43. The molecule has 1 atom stereocenters. The molecule has 1 unspecified atom stereocenters. The zero-order valence-electron chi connectivity index (χ0n) is 11.2. The molecule has 0 radical (unpaired) electrons. The zero-order chi connectivity index (χ0) is 12.2. The Morgan fingerprint density at radius 2 is 1.75 bits per heavy atom. The number of ether oxygens (including phenoxy) is 2. The smallest absolute Gasteiger partial charge is 0.0805 e. The van der Waals surface area contributed by atoms with Crippen molar-refractivity contribution < 1.29 is 9.47 Å². The Kier molecular flexibility index (Phi) is 4.77. The lowest BCUT2D eigenvalue weighted by Crippen LogP contribution is -2.46. The minimum Gasteiger partial charge on any atom is -0.379 e. The molecule has 1 aliphatic carbocycles. The summed E-state index contributed by atoms with van der Waals surface area (Å²) in [6.07, 6.45) is 4.70. The summed E-state index contributed by atoms with van der Waals surface area (Å²) in [4.78, 5) is 0. The molecule has 0 amide bonds. The van der Waals surface area contributed by atoms with E-state index in [2.05, 4.69) is 13.8 Å². The van der Waals surface area contributed by atoms with Gasteiger partial charge in [-0.15, -0.1) is 0 Å². The summed E-state index contributed by atoms with van der Waals surface area (Å²) in [5.74, 6) is 0. The van der Waals surface area contributed by atoms with E-state index in [-0.39, 0.29) is 11.7 Å². The average Bonchev–Trinajstić information content (AvgIpc) is 2.28. The lowest BCUT2D eigenvalue weighted by molar-refractivity contribution is -0.109. The topological polar surface area (TPSA) is 44.5 Å². The van der Waals surface area contributed by atoms with Crippen molar-refractivity contribution in [3.8, 4) is 0 Å². The Morgan fingerprint density at radius 1 is 1.19 bits per heavy atom. The molecule has 2 N–H and O–H groups in total. The van der Waals surface area contributed by atoms with E-state index in [1.165, 1.54) is 12.8 Å². The molecule has 0 spiro atoms. The summed E-state index contributed by atoms with van der Waals surface area (Å²) in [7, 11) is 1.72. The van der Waals surface area contributed by atoms with Crippen LogP contribution in [-0.4, -0.2) is 32.0 Å². The molecular formula is C13H27NO2. The predicted octanol–water partition coefficient (Wildman–Crippen LogP) is 2.34. The first-order valence-electron chi connectivity index (χ1n) is 6.30. The average molecular weight is 229 g/mol. The maximum atomic E-state index is 6.02. The van der Waals surface area contributed by atoms with Crippen LogP contribution in [-0.2, 0) is 9.47 Å². The van der Waals surface area contributed by atoms with Crippen LogP contribution in [0.15, 0.2) is 0 Å². The summed E-state index contributed by atoms with van der Waals surface area (Å²) < 4.78 is 11.2. The highest BCUT2D eigenvalue weighted by molar-refractivity contribution is 4.91. The molecule has 0 aromatic carbocycles. The van der Waals surface area contributed by atoms with Gasteiger partial charge >= 0.3 is 0 Å². The van der Waals surface area contributed by atoms with Crippen LogP contribution < -0.4 is 5.73 Å². The van der Waals surface area contributed by atoms with E-state index >= 15 is 0 Å². The van der Waals surface area contributed by atoms with Crippen LogP contribution in [0.4, 0.5) is 0 Å². The Bertz CT molecular complexity index is 206. The Balaban J connectivity index is 2.46. The third-order valence-electron chi connectivity index (χ3n) is 3.91. The fourth-order valence-corrected chi connectivity index (χ4v) is 2.15. The normalized spacial score (nSPS) is 25.3. The van der Waals surface area contributed by atoms with Crippen LogP contribution in [0.3, 0.4) is 0 Å². The molecule has 0 aromatic heterocycles. The number of hydrogen-bond acceptors (Lipinski definition) is 3. The van der Waals surface area contributed by atoms with Gasteiger partial charge in [-0.2, -0.15) is 0 Å². The van der Waals surface area contributed by atoms with E-state index in [0.29, 0.717) is 18.6 Å². The minimum absolute atomic E-state index is 0.0949. The maximum Gasteiger partial charge on any atom is 0.0805 e. The van der Waals surface area contributed by atoms with E-state index in [4.69, 9.17) is 15.2 Å². The first-order valence-corrected chi connectivity index (χ1v) is 6.30. The van der Waals surface area contributed by atoms with Crippen molar-refractivity contribution in [1.29, 1.82) is 0 Å². The Morgan fingerprint density at radius 3 is 2.19 bits per heavy atom. The molecule has 16 heavy (non-hydrogen) atoms. The molecule has 1 fully saturated rings. The molecule has 0 saturated heterocycles. The highest BCUT2D eigenvalue weighted by Crippen LogP contribution is 2.41. The molecule has 1 rings (SSSR count). The second kappa shape index (κ2) is 5.48. The van der Waals surface area contributed by atoms with Crippen molar-refractivity contribution in [3.05, 3.63) is 0 Å². The van der Waals surface area contributed by atoms with E-state index in [0.717, 1.165) is 12.8 Å². The van der Waals surface area contributed by atoms with E-state index in [9.17, 15) is 0 Å². The molecule has 0 heterocycles. The Hall–Kier alpha value is -0.120. The van der Waals surface area contributed by atoms with Crippen molar-refractivity contribution in [2.45, 2.75) is 58.2 Å². The fourth-order valence-electron chi connectivity index (χ4n) is 2.15. The second-order valence-corrected chi connectivity index (χ2v) is 5.91. The van der Waals surface area contributed by atoms with Gasteiger partial charge in [0.05, 0.1) is 18.3 Å². The SMILES string of the molecule is COC(C)COC1(CN)CCC(C)(C)CC1. The first kappa shape index (κ1) is 13.9. The molecule has 96 valence electrons. The lowest BCUT2D eigenvalue weighted by atomic mass is 9.71.